The third kappa shape index (κ3) is 3.49. The molecular formula is C5H10N2O. The van der Waals surface area contributed by atoms with Crippen molar-refractivity contribution in [3.8, 4) is 0 Å². The van der Waals surface area contributed by atoms with Gasteiger partial charge < -0.3 is 5.11 Å². The predicted octanol–water partition coefficient (Wildman–Crippen LogP) is 0.437. The Hall–Kier alpha value is -0.700. The lowest BCUT2D eigenvalue weighted by molar-refractivity contribution is 0.357. The quantitative estimate of drug-likeness (QED) is 0.377. The lowest BCUT2D eigenvalue weighted by Crippen LogP contribution is -1.99. The molecule has 0 atom stereocenters. The summed E-state index contributed by atoms with van der Waals surface area (Å²) < 4.78 is 0. The van der Waals surface area contributed by atoms with Crippen molar-refractivity contribution in [3.05, 3.63) is 0 Å². The Bertz CT molecular complexity index is 118. The molecule has 0 heterocycles. The molecule has 3 nitrogen and oxygen atoms in total. The Morgan fingerprint density at radius 1 is 1.62 bits per heavy atom. The third-order valence-electron chi connectivity index (χ3n) is 0.587. The fraction of sp³-hybridized carbons (Fsp3) is 0.600. The minimum Gasteiger partial charge on any atom is -0.390 e. The van der Waals surface area contributed by atoms with Crippen molar-refractivity contribution in [2.45, 2.75) is 13.8 Å². The summed E-state index contributed by atoms with van der Waals surface area (Å²) in [5.74, 6) is 0.233. The Labute approximate surface area is 48.6 Å². The van der Waals surface area contributed by atoms with Gasteiger partial charge in [0.2, 0.25) is 0 Å². The van der Waals surface area contributed by atoms with Gasteiger partial charge in [0, 0.05) is 5.71 Å². The zero-order valence-electron chi connectivity index (χ0n) is 5.10. The van der Waals surface area contributed by atoms with E-state index in [9.17, 15) is 0 Å². The first-order valence-corrected chi connectivity index (χ1v) is 2.37. The summed E-state index contributed by atoms with van der Waals surface area (Å²) in [4.78, 5) is 3.65. The number of amidine groups is 1. The van der Waals surface area contributed by atoms with Crippen molar-refractivity contribution in [1.82, 2.24) is 0 Å². The van der Waals surface area contributed by atoms with E-state index in [1.165, 1.54) is 0 Å². The van der Waals surface area contributed by atoms with Gasteiger partial charge in [-0.25, -0.2) is 4.99 Å². The molecule has 0 spiro atoms. The van der Waals surface area contributed by atoms with E-state index in [0.717, 1.165) is 0 Å². The molecular weight excluding hydrogens is 104 g/mol. The van der Waals surface area contributed by atoms with Gasteiger partial charge in [0.05, 0.1) is 6.61 Å². The van der Waals surface area contributed by atoms with Crippen LogP contribution < -0.4 is 0 Å². The summed E-state index contributed by atoms with van der Waals surface area (Å²) in [5.41, 5.74) is 0.581. The van der Waals surface area contributed by atoms with Crippen LogP contribution in [0.5, 0.6) is 0 Å². The van der Waals surface area contributed by atoms with Gasteiger partial charge in [-0.05, 0) is 13.8 Å². The summed E-state index contributed by atoms with van der Waals surface area (Å²) in [5, 5.41) is 15.2. The van der Waals surface area contributed by atoms with Crippen LogP contribution in [0.2, 0.25) is 0 Å². The van der Waals surface area contributed by atoms with Crippen LogP contribution in [0.1, 0.15) is 13.8 Å². The maximum atomic E-state index is 8.36. The molecule has 0 aliphatic heterocycles. The van der Waals surface area contributed by atoms with E-state index in [1.807, 2.05) is 0 Å². The summed E-state index contributed by atoms with van der Waals surface area (Å²) >= 11 is 0. The molecule has 0 bridgehead atoms. The van der Waals surface area contributed by atoms with Crippen molar-refractivity contribution in [2.75, 3.05) is 6.61 Å². The third-order valence-corrected chi connectivity index (χ3v) is 0.587. The van der Waals surface area contributed by atoms with Crippen LogP contribution in [-0.2, 0) is 0 Å². The molecule has 0 aliphatic rings. The molecule has 0 saturated heterocycles. The number of hydrogen-bond donors (Lipinski definition) is 2. The van der Waals surface area contributed by atoms with Crippen molar-refractivity contribution in [2.24, 2.45) is 4.99 Å². The van der Waals surface area contributed by atoms with E-state index in [-0.39, 0.29) is 12.4 Å². The molecule has 0 aromatic rings. The molecule has 0 rings (SSSR count). The topological polar surface area (TPSA) is 56.4 Å². The first-order valence-electron chi connectivity index (χ1n) is 2.37. The summed E-state index contributed by atoms with van der Waals surface area (Å²) in [6.45, 7) is 3.19. The van der Waals surface area contributed by atoms with Crippen LogP contribution in [0.15, 0.2) is 4.99 Å². The second-order valence-corrected chi connectivity index (χ2v) is 1.59. The van der Waals surface area contributed by atoms with E-state index in [2.05, 4.69) is 4.99 Å². The minimum atomic E-state index is -0.0593. The average Bonchev–Trinajstić information content (AvgIpc) is 1.65. The summed E-state index contributed by atoms with van der Waals surface area (Å²) in [6, 6.07) is 0. The van der Waals surface area contributed by atoms with E-state index >= 15 is 0 Å². The first kappa shape index (κ1) is 7.30. The molecule has 0 aromatic heterocycles. The number of rotatable bonds is 1. The molecule has 0 aliphatic carbocycles. The number of aliphatic hydroxyl groups excluding tert-OH is 1. The highest BCUT2D eigenvalue weighted by Gasteiger charge is 1.84. The first-order chi connectivity index (χ1) is 3.66. The fourth-order valence-corrected chi connectivity index (χ4v) is 0.322. The number of nitrogens with one attached hydrogen (secondary N) is 1. The van der Waals surface area contributed by atoms with E-state index in [4.69, 9.17) is 10.5 Å². The van der Waals surface area contributed by atoms with Gasteiger partial charge in [0.25, 0.3) is 0 Å². The SMILES string of the molecule is CC(=N)/N=C(\C)CO. The van der Waals surface area contributed by atoms with Crippen molar-refractivity contribution < 1.29 is 5.11 Å². The fourth-order valence-electron chi connectivity index (χ4n) is 0.322. The Kier molecular flexibility index (Phi) is 3.03. The van der Waals surface area contributed by atoms with E-state index < -0.39 is 0 Å². The smallest absolute Gasteiger partial charge is 0.117 e. The average molecular weight is 114 g/mol. The van der Waals surface area contributed by atoms with Gasteiger partial charge in [-0.3, -0.25) is 5.41 Å². The van der Waals surface area contributed by atoms with Gasteiger partial charge in [-0.15, -0.1) is 0 Å². The highest BCUT2D eigenvalue weighted by molar-refractivity contribution is 5.94. The van der Waals surface area contributed by atoms with Gasteiger partial charge in [-0.1, -0.05) is 0 Å². The standard InChI is InChI=1S/C5H10N2O/c1-4(3-8)7-5(2)6/h6,8H,3H2,1-2H3/b6-5?,7-4+. The molecule has 8 heavy (non-hydrogen) atoms. The van der Waals surface area contributed by atoms with Gasteiger partial charge >= 0.3 is 0 Å². The van der Waals surface area contributed by atoms with Gasteiger partial charge in [0.15, 0.2) is 0 Å². The number of hydrogen-bond acceptors (Lipinski definition) is 2. The van der Waals surface area contributed by atoms with Crippen LogP contribution in [0, 0.1) is 5.41 Å². The minimum absolute atomic E-state index is 0.0593. The molecule has 0 amide bonds. The monoisotopic (exact) mass is 114 g/mol. The summed E-state index contributed by atoms with van der Waals surface area (Å²) in [7, 11) is 0. The Morgan fingerprint density at radius 3 is 2.25 bits per heavy atom. The van der Waals surface area contributed by atoms with Crippen molar-refractivity contribution in [3.63, 3.8) is 0 Å². The molecule has 0 radical (unpaired) electrons. The van der Waals surface area contributed by atoms with Gasteiger partial charge in [-0.2, -0.15) is 0 Å². The maximum Gasteiger partial charge on any atom is 0.117 e. The zero-order valence-corrected chi connectivity index (χ0v) is 5.10. The van der Waals surface area contributed by atoms with Crippen LogP contribution in [0.4, 0.5) is 0 Å². The van der Waals surface area contributed by atoms with Crippen LogP contribution >= 0.6 is 0 Å². The Morgan fingerprint density at radius 2 is 2.12 bits per heavy atom. The largest absolute Gasteiger partial charge is 0.390 e. The van der Waals surface area contributed by atoms with Crippen molar-refractivity contribution in [1.29, 1.82) is 5.41 Å². The lowest BCUT2D eigenvalue weighted by atomic mass is 10.4. The van der Waals surface area contributed by atoms with Crippen LogP contribution in [0.3, 0.4) is 0 Å². The molecule has 0 saturated carbocycles. The molecule has 2 N–H and O–H groups in total. The number of nitrogens with zero attached hydrogens (tertiary/aromatic N) is 1. The zero-order chi connectivity index (χ0) is 6.57. The van der Waals surface area contributed by atoms with E-state index in [0.29, 0.717) is 5.71 Å². The van der Waals surface area contributed by atoms with Crippen molar-refractivity contribution >= 4 is 11.5 Å². The maximum absolute atomic E-state index is 8.36. The number of aliphatic imine (C=N–C) groups is 1. The molecule has 0 unspecified atom stereocenters. The molecule has 3 heteroatoms. The predicted molar refractivity (Wildman–Crippen MR) is 33.6 cm³/mol. The lowest BCUT2D eigenvalue weighted by Gasteiger charge is -1.89. The van der Waals surface area contributed by atoms with Crippen LogP contribution in [-0.4, -0.2) is 23.3 Å². The second-order valence-electron chi connectivity index (χ2n) is 1.59. The molecule has 0 fully saturated rings. The van der Waals surface area contributed by atoms with Gasteiger partial charge in [0.1, 0.15) is 5.84 Å². The molecule has 46 valence electrons. The highest BCUT2D eigenvalue weighted by Crippen LogP contribution is 1.76. The molecule has 0 aromatic carbocycles. The summed E-state index contributed by atoms with van der Waals surface area (Å²) in [6.07, 6.45) is 0. The second kappa shape index (κ2) is 3.32. The van der Waals surface area contributed by atoms with Crippen LogP contribution in [0.25, 0.3) is 0 Å². The number of aliphatic hydroxyl groups is 1. The Balaban J connectivity index is 3.75. The normalized spacial score (nSPS) is 11.6. The van der Waals surface area contributed by atoms with E-state index in [1.54, 1.807) is 13.8 Å². The highest BCUT2D eigenvalue weighted by atomic mass is 16.3.